The van der Waals surface area contributed by atoms with Crippen LogP contribution in [0.25, 0.3) is 0 Å². The highest BCUT2D eigenvalue weighted by Crippen LogP contribution is 2.33. The Morgan fingerprint density at radius 3 is 1.52 bits per heavy atom. The molecule has 0 bridgehead atoms. The molecule has 2 aliphatic rings. The van der Waals surface area contributed by atoms with E-state index >= 15 is 0 Å². The number of benzene rings is 2. The maximum absolute atomic E-state index is 11.1. The molecule has 2 aromatic rings. The lowest BCUT2D eigenvalue weighted by Gasteiger charge is -2.21. The van der Waals surface area contributed by atoms with Gasteiger partial charge in [-0.3, -0.25) is 4.79 Å². The molecular formula is C26H34O. The van der Waals surface area contributed by atoms with Crippen molar-refractivity contribution < 1.29 is 4.79 Å². The Bertz CT molecular complexity index is 674. The van der Waals surface area contributed by atoms with E-state index in [2.05, 4.69) is 42.5 Å². The van der Waals surface area contributed by atoms with Crippen molar-refractivity contribution in [3.05, 3.63) is 71.3 Å². The molecule has 144 valence electrons. The fourth-order valence-electron chi connectivity index (χ4n) is 4.59. The van der Waals surface area contributed by atoms with E-state index in [4.69, 9.17) is 0 Å². The predicted molar refractivity (Wildman–Crippen MR) is 115 cm³/mol. The van der Waals surface area contributed by atoms with E-state index in [1.807, 2.05) is 12.1 Å². The summed E-state index contributed by atoms with van der Waals surface area (Å²) in [6.45, 7) is 1.62. The van der Waals surface area contributed by atoms with Crippen LogP contribution in [-0.4, -0.2) is 5.78 Å². The van der Waals surface area contributed by atoms with Gasteiger partial charge in [-0.05, 0) is 55.6 Å². The lowest BCUT2D eigenvalue weighted by atomic mass is 9.84. The number of hydrogen-bond donors (Lipinski definition) is 0. The van der Waals surface area contributed by atoms with Crippen LogP contribution in [0.3, 0.4) is 0 Å². The summed E-state index contributed by atoms with van der Waals surface area (Å²) < 4.78 is 0. The summed E-state index contributed by atoms with van der Waals surface area (Å²) in [4.78, 5) is 11.1. The second-order valence-corrected chi connectivity index (χ2v) is 8.26. The summed E-state index contributed by atoms with van der Waals surface area (Å²) in [5, 5.41) is 0. The minimum atomic E-state index is 0.158. The van der Waals surface area contributed by atoms with Gasteiger partial charge in [-0.25, -0.2) is 0 Å². The molecule has 0 unspecified atom stereocenters. The molecule has 4 rings (SSSR count). The van der Waals surface area contributed by atoms with Crippen LogP contribution in [0.4, 0.5) is 0 Å². The van der Waals surface area contributed by atoms with Gasteiger partial charge in [-0.15, -0.1) is 0 Å². The molecule has 0 amide bonds. The molecule has 0 aromatic heterocycles. The average molecular weight is 363 g/mol. The van der Waals surface area contributed by atoms with Crippen molar-refractivity contribution in [2.45, 2.75) is 83.0 Å². The Morgan fingerprint density at radius 1 is 0.630 bits per heavy atom. The summed E-state index contributed by atoms with van der Waals surface area (Å²) in [7, 11) is 0. The van der Waals surface area contributed by atoms with Gasteiger partial charge in [0.15, 0.2) is 5.78 Å². The number of rotatable bonds is 3. The molecule has 0 aliphatic heterocycles. The zero-order valence-corrected chi connectivity index (χ0v) is 16.8. The molecule has 0 radical (unpaired) electrons. The summed E-state index contributed by atoms with van der Waals surface area (Å²) in [5.74, 6) is 1.75. The van der Waals surface area contributed by atoms with Crippen LogP contribution in [0.15, 0.2) is 54.6 Å². The molecule has 2 aliphatic carbocycles. The van der Waals surface area contributed by atoms with E-state index in [9.17, 15) is 4.79 Å². The van der Waals surface area contributed by atoms with Gasteiger partial charge in [-0.2, -0.15) is 0 Å². The number of hydrogen-bond acceptors (Lipinski definition) is 1. The van der Waals surface area contributed by atoms with Crippen molar-refractivity contribution in [3.8, 4) is 0 Å². The molecule has 2 saturated carbocycles. The van der Waals surface area contributed by atoms with E-state index in [1.165, 1.54) is 69.8 Å². The zero-order valence-electron chi connectivity index (χ0n) is 16.8. The van der Waals surface area contributed by atoms with Crippen LogP contribution in [-0.2, 0) is 0 Å². The number of carbonyl (C=O) groups is 1. The number of Topliss-reactive ketones (excluding diaryl/α,β-unsaturated/α-hetero) is 1. The van der Waals surface area contributed by atoms with Crippen molar-refractivity contribution in [2.75, 3.05) is 0 Å². The summed E-state index contributed by atoms with van der Waals surface area (Å²) in [6.07, 6.45) is 13.9. The van der Waals surface area contributed by atoms with Crippen molar-refractivity contribution in [3.63, 3.8) is 0 Å². The number of carbonyl (C=O) groups excluding carboxylic acids is 1. The summed E-state index contributed by atoms with van der Waals surface area (Å²) >= 11 is 0. The van der Waals surface area contributed by atoms with Gasteiger partial charge in [0.05, 0.1) is 0 Å². The predicted octanol–water partition coefficient (Wildman–Crippen LogP) is 7.67. The first kappa shape index (κ1) is 19.9. The van der Waals surface area contributed by atoms with Gasteiger partial charge < -0.3 is 0 Å². The molecule has 2 fully saturated rings. The highest BCUT2D eigenvalue weighted by atomic mass is 16.1. The first-order chi connectivity index (χ1) is 13.2. The third kappa shape index (κ3) is 6.06. The zero-order chi connectivity index (χ0) is 18.9. The van der Waals surface area contributed by atoms with Crippen molar-refractivity contribution in [1.29, 1.82) is 0 Å². The number of ketones is 1. The topological polar surface area (TPSA) is 17.1 Å². The van der Waals surface area contributed by atoms with Gasteiger partial charge >= 0.3 is 0 Å². The average Bonchev–Trinajstić information content (AvgIpc) is 2.76. The van der Waals surface area contributed by atoms with Gasteiger partial charge in [-0.1, -0.05) is 93.1 Å². The Labute approximate surface area is 165 Å². The lowest BCUT2D eigenvalue weighted by molar-refractivity contribution is 0.101. The van der Waals surface area contributed by atoms with Crippen LogP contribution in [0.2, 0.25) is 0 Å². The van der Waals surface area contributed by atoms with Gasteiger partial charge in [0.2, 0.25) is 0 Å². The molecule has 27 heavy (non-hydrogen) atoms. The van der Waals surface area contributed by atoms with Crippen molar-refractivity contribution >= 4 is 5.78 Å². The van der Waals surface area contributed by atoms with Gasteiger partial charge in [0, 0.05) is 5.56 Å². The van der Waals surface area contributed by atoms with E-state index in [-0.39, 0.29) is 5.78 Å². The molecule has 0 atom stereocenters. The second-order valence-electron chi connectivity index (χ2n) is 8.26. The minimum absolute atomic E-state index is 0.158. The quantitative estimate of drug-likeness (QED) is 0.512. The molecule has 1 heteroatoms. The Balaban J connectivity index is 0.000000159. The van der Waals surface area contributed by atoms with Gasteiger partial charge in [0.1, 0.15) is 0 Å². The standard InChI is InChI=1S/C14H18O.C12H16/c1-11(15)12-7-9-14(10-8-12)13-5-3-2-4-6-13;1-3-7-11(8-4-1)12-9-5-2-6-10-12/h7-10,13H,2-6H2,1H3;1,3-4,7-8,12H,2,5-6,9-10H2. The Hall–Kier alpha value is -1.89. The second kappa shape index (κ2) is 10.4. The highest BCUT2D eigenvalue weighted by molar-refractivity contribution is 5.94. The Morgan fingerprint density at radius 2 is 1.07 bits per heavy atom. The molecular weight excluding hydrogens is 328 g/mol. The Kier molecular flexibility index (Phi) is 7.68. The largest absolute Gasteiger partial charge is 0.295 e. The van der Waals surface area contributed by atoms with Crippen molar-refractivity contribution in [2.24, 2.45) is 0 Å². The van der Waals surface area contributed by atoms with Crippen LogP contribution in [0.1, 0.15) is 104 Å². The highest BCUT2D eigenvalue weighted by Gasteiger charge is 2.15. The first-order valence-corrected chi connectivity index (χ1v) is 10.9. The van der Waals surface area contributed by atoms with Crippen LogP contribution >= 0.6 is 0 Å². The maximum Gasteiger partial charge on any atom is 0.159 e. The SMILES string of the molecule is CC(=O)c1ccc(C2CCCCC2)cc1.c1ccc(C2CCCCC2)cc1. The third-order valence-corrected chi connectivity index (χ3v) is 6.27. The monoisotopic (exact) mass is 362 g/mol. The lowest BCUT2D eigenvalue weighted by Crippen LogP contribution is -2.04. The first-order valence-electron chi connectivity index (χ1n) is 10.9. The van der Waals surface area contributed by atoms with Gasteiger partial charge in [0.25, 0.3) is 0 Å². The fraction of sp³-hybridized carbons (Fsp3) is 0.500. The normalized spacial score (nSPS) is 18.4. The van der Waals surface area contributed by atoms with Crippen molar-refractivity contribution in [1.82, 2.24) is 0 Å². The van der Waals surface area contributed by atoms with E-state index in [0.717, 1.165) is 17.4 Å². The smallest absolute Gasteiger partial charge is 0.159 e. The van der Waals surface area contributed by atoms with E-state index < -0.39 is 0 Å². The summed E-state index contributed by atoms with van der Waals surface area (Å²) in [5.41, 5.74) is 3.80. The molecule has 1 nitrogen and oxygen atoms in total. The minimum Gasteiger partial charge on any atom is -0.295 e. The molecule has 0 saturated heterocycles. The van der Waals surface area contributed by atoms with E-state index in [1.54, 1.807) is 12.5 Å². The fourth-order valence-corrected chi connectivity index (χ4v) is 4.59. The third-order valence-electron chi connectivity index (χ3n) is 6.27. The molecule has 0 heterocycles. The van der Waals surface area contributed by atoms with Crippen LogP contribution in [0, 0.1) is 0 Å². The molecule has 0 spiro atoms. The molecule has 2 aromatic carbocycles. The van der Waals surface area contributed by atoms with E-state index in [0.29, 0.717) is 0 Å². The summed E-state index contributed by atoms with van der Waals surface area (Å²) in [6, 6.07) is 19.2. The van der Waals surface area contributed by atoms with Crippen LogP contribution < -0.4 is 0 Å². The molecule has 0 N–H and O–H groups in total. The van der Waals surface area contributed by atoms with Crippen LogP contribution in [0.5, 0.6) is 0 Å². The maximum atomic E-state index is 11.1.